The van der Waals surface area contributed by atoms with Gasteiger partial charge in [0.2, 0.25) is 6.41 Å². The Morgan fingerprint density at radius 1 is 1.24 bits per heavy atom. The summed E-state index contributed by atoms with van der Waals surface area (Å²) in [5.41, 5.74) is 2.64. The fraction of sp³-hybridized carbons (Fsp3) is 0.593. The van der Waals surface area contributed by atoms with Crippen molar-refractivity contribution in [1.29, 1.82) is 0 Å². The van der Waals surface area contributed by atoms with Gasteiger partial charge in [-0.1, -0.05) is 43.7 Å². The summed E-state index contributed by atoms with van der Waals surface area (Å²) in [6, 6.07) is 11.4. The van der Waals surface area contributed by atoms with Crippen LogP contribution in [0.25, 0.3) is 0 Å². The summed E-state index contributed by atoms with van der Waals surface area (Å²) in [6.07, 6.45) is 8.78. The van der Waals surface area contributed by atoms with E-state index in [0.717, 1.165) is 45.4 Å². The van der Waals surface area contributed by atoms with Crippen molar-refractivity contribution in [2.24, 2.45) is 15.4 Å². The summed E-state index contributed by atoms with van der Waals surface area (Å²) < 4.78 is 0. The molecule has 34 heavy (non-hydrogen) atoms. The van der Waals surface area contributed by atoms with Crippen LogP contribution in [0.3, 0.4) is 0 Å². The van der Waals surface area contributed by atoms with Crippen LogP contribution in [-0.4, -0.2) is 92.9 Å². The van der Waals surface area contributed by atoms with E-state index in [4.69, 9.17) is 0 Å². The van der Waals surface area contributed by atoms with Gasteiger partial charge in [0.05, 0.1) is 18.4 Å². The molecule has 1 aliphatic heterocycles. The number of benzene rings is 1. The molecule has 1 heterocycles. The van der Waals surface area contributed by atoms with Crippen molar-refractivity contribution < 1.29 is 4.79 Å². The number of nitrogens with zero attached hydrogens (tertiary/aromatic N) is 5. The second-order valence-corrected chi connectivity index (χ2v) is 9.76. The van der Waals surface area contributed by atoms with Crippen LogP contribution in [0.1, 0.15) is 38.2 Å². The third kappa shape index (κ3) is 7.32. The molecule has 1 saturated carbocycles. The Morgan fingerprint density at radius 3 is 2.65 bits per heavy atom. The van der Waals surface area contributed by atoms with Gasteiger partial charge in [0.1, 0.15) is 0 Å². The molecule has 0 unspecified atom stereocenters. The molecule has 1 amide bonds. The molecule has 186 valence electrons. The first-order chi connectivity index (χ1) is 16.6. The number of likely N-dealkylation sites (N-methyl/N-ethyl adjacent to an activating group) is 1. The topological polar surface area (TPSA) is 63.5 Å². The first-order valence-corrected chi connectivity index (χ1v) is 12.7. The Balaban J connectivity index is 1.46. The number of hydrogen-bond acceptors (Lipinski definition) is 6. The first kappa shape index (κ1) is 26.3. The Kier molecular flexibility index (Phi) is 10.4. The van der Waals surface area contributed by atoms with E-state index < -0.39 is 0 Å². The fourth-order valence-electron chi connectivity index (χ4n) is 5.23. The maximum absolute atomic E-state index is 11.5. The smallest absolute Gasteiger partial charge is 0.214 e. The highest BCUT2D eigenvalue weighted by Crippen LogP contribution is 2.50. The average molecular weight is 467 g/mol. The minimum absolute atomic E-state index is 0.524. The van der Waals surface area contributed by atoms with Crippen molar-refractivity contribution >= 4 is 19.3 Å². The van der Waals surface area contributed by atoms with Crippen LogP contribution in [-0.2, 0) is 11.3 Å². The van der Waals surface area contributed by atoms with E-state index >= 15 is 0 Å². The predicted octanol–water partition coefficient (Wildman–Crippen LogP) is 3.04. The van der Waals surface area contributed by atoms with Crippen LogP contribution in [0, 0.1) is 5.41 Å². The average Bonchev–Trinajstić information content (AvgIpc) is 2.80. The highest BCUT2D eigenvalue weighted by atomic mass is 16.1. The first-order valence-electron chi connectivity index (χ1n) is 12.7. The van der Waals surface area contributed by atoms with Crippen molar-refractivity contribution in [3.63, 3.8) is 0 Å². The molecule has 0 radical (unpaired) electrons. The summed E-state index contributed by atoms with van der Waals surface area (Å²) in [7, 11) is 2.01. The Hall–Kier alpha value is -2.35. The molecule has 1 N–H and O–H groups in total. The number of nitrogens with one attached hydrogen (secondary N) is 1. The van der Waals surface area contributed by atoms with E-state index in [2.05, 4.69) is 69.1 Å². The van der Waals surface area contributed by atoms with Gasteiger partial charge in [-0.05, 0) is 44.0 Å². The number of allylic oxidation sites excluding steroid dienone is 1. The van der Waals surface area contributed by atoms with Gasteiger partial charge >= 0.3 is 0 Å². The molecule has 7 heteroatoms. The Bertz CT molecular complexity index is 810. The van der Waals surface area contributed by atoms with Crippen LogP contribution >= 0.6 is 0 Å². The molecule has 3 rings (SSSR count). The van der Waals surface area contributed by atoms with Gasteiger partial charge in [-0.15, -0.1) is 0 Å². The van der Waals surface area contributed by atoms with Gasteiger partial charge in [0.15, 0.2) is 0 Å². The minimum atomic E-state index is 0.524. The van der Waals surface area contributed by atoms with Crippen LogP contribution in [0.5, 0.6) is 0 Å². The number of carbonyl (C=O) groups excluding carboxylic acids is 1. The second-order valence-electron chi connectivity index (χ2n) is 9.76. The Morgan fingerprint density at radius 2 is 2.00 bits per heavy atom. The second kappa shape index (κ2) is 13.5. The molecule has 0 bridgehead atoms. The third-order valence-electron chi connectivity index (χ3n) is 7.04. The highest BCUT2D eigenvalue weighted by molar-refractivity contribution is 5.81. The van der Waals surface area contributed by atoms with Crippen molar-refractivity contribution in [1.82, 2.24) is 20.0 Å². The lowest BCUT2D eigenvalue weighted by Crippen LogP contribution is -2.66. The maximum Gasteiger partial charge on any atom is 0.214 e. The van der Waals surface area contributed by atoms with Crippen LogP contribution in [0.4, 0.5) is 0 Å². The van der Waals surface area contributed by atoms with Crippen LogP contribution in [0.2, 0.25) is 0 Å². The van der Waals surface area contributed by atoms with Crippen LogP contribution in [0.15, 0.2) is 52.2 Å². The molecule has 7 nitrogen and oxygen atoms in total. The third-order valence-corrected chi connectivity index (χ3v) is 7.04. The molecular weight excluding hydrogens is 424 g/mol. The van der Waals surface area contributed by atoms with Crippen molar-refractivity contribution in [3.8, 4) is 0 Å². The quantitative estimate of drug-likeness (QED) is 0.300. The van der Waals surface area contributed by atoms with Crippen LogP contribution < -0.4 is 5.32 Å². The van der Waals surface area contributed by atoms with Gasteiger partial charge in [-0.3, -0.25) is 24.6 Å². The number of likely N-dealkylation sites (tertiary alicyclic amines) is 1. The van der Waals surface area contributed by atoms with Gasteiger partial charge < -0.3 is 10.2 Å². The summed E-state index contributed by atoms with van der Waals surface area (Å²) >= 11 is 0. The molecular formula is C27H42N6O. The number of carbonyl (C=O) groups is 1. The van der Waals surface area contributed by atoms with Crippen molar-refractivity contribution in [3.05, 3.63) is 47.8 Å². The molecule has 2 fully saturated rings. The molecule has 0 aromatic heterocycles. The SMILES string of the molecule is C=N/C=C(\C=NCCN(CCNC)C1CC2(C1)CN(Cc1ccccc1)C2)N(C=O)CCCC. The lowest BCUT2D eigenvalue weighted by atomic mass is 9.60. The standard InChI is InChI=1S/C27H42N6O/c1-4-5-13-33(23-34)26(18-29-3)19-30-12-15-32(14-11-28-2)25-16-27(17-25)21-31(22-27)20-24-9-7-6-8-10-24/h6-10,18-19,23,25,28H,3-5,11-17,20-22H2,1-2H3/b26-18+,30-19?. The lowest BCUT2D eigenvalue weighted by Gasteiger charge is -2.61. The van der Waals surface area contributed by atoms with E-state index in [1.54, 1.807) is 17.3 Å². The molecule has 0 atom stereocenters. The Labute approximate surface area is 205 Å². The summed E-state index contributed by atoms with van der Waals surface area (Å²) in [5.74, 6) is 0. The molecule has 1 aromatic carbocycles. The maximum atomic E-state index is 11.5. The van der Waals surface area contributed by atoms with E-state index in [1.807, 2.05) is 7.05 Å². The zero-order valence-corrected chi connectivity index (χ0v) is 21.0. The molecule has 1 spiro atoms. The minimum Gasteiger partial charge on any atom is -0.318 e. The van der Waals surface area contributed by atoms with Gasteiger partial charge in [0, 0.05) is 58.1 Å². The fourth-order valence-corrected chi connectivity index (χ4v) is 5.23. The molecule has 1 saturated heterocycles. The van der Waals surface area contributed by atoms with Gasteiger partial charge in [-0.2, -0.15) is 0 Å². The van der Waals surface area contributed by atoms with Crippen molar-refractivity contribution in [2.45, 2.75) is 45.2 Å². The van der Waals surface area contributed by atoms with E-state index in [0.29, 0.717) is 30.2 Å². The van der Waals surface area contributed by atoms with Crippen molar-refractivity contribution in [2.75, 3.05) is 52.9 Å². The molecule has 1 aliphatic carbocycles. The number of rotatable bonds is 16. The largest absolute Gasteiger partial charge is 0.318 e. The number of aliphatic imine (C=N–C) groups is 2. The summed E-state index contributed by atoms with van der Waals surface area (Å²) in [6.45, 7) is 13.5. The predicted molar refractivity (Wildman–Crippen MR) is 141 cm³/mol. The number of hydrogen-bond donors (Lipinski definition) is 1. The molecule has 1 aromatic rings. The summed E-state index contributed by atoms with van der Waals surface area (Å²) in [5, 5.41) is 3.29. The lowest BCUT2D eigenvalue weighted by molar-refractivity contribution is -0.116. The highest BCUT2D eigenvalue weighted by Gasteiger charge is 2.53. The zero-order valence-electron chi connectivity index (χ0n) is 21.0. The van der Waals surface area contributed by atoms with Gasteiger partial charge in [0.25, 0.3) is 0 Å². The summed E-state index contributed by atoms with van der Waals surface area (Å²) in [4.78, 5) is 26.8. The van der Waals surface area contributed by atoms with Gasteiger partial charge in [-0.25, -0.2) is 0 Å². The normalized spacial score (nSPS) is 18.3. The van der Waals surface area contributed by atoms with E-state index in [-0.39, 0.29) is 0 Å². The van der Waals surface area contributed by atoms with E-state index in [1.165, 1.54) is 31.5 Å². The number of amides is 1. The zero-order chi connectivity index (χ0) is 24.2. The molecule has 2 aliphatic rings. The van der Waals surface area contributed by atoms with E-state index in [9.17, 15) is 4.79 Å². The number of unbranched alkanes of at least 4 members (excludes halogenated alkanes) is 1. The monoisotopic (exact) mass is 466 g/mol.